The van der Waals surface area contributed by atoms with Crippen LogP contribution in [0.15, 0.2) is 60.7 Å². The number of hydrogen-bond acceptors (Lipinski definition) is 2. The second kappa shape index (κ2) is 5.14. The lowest BCUT2D eigenvalue weighted by Gasteiger charge is -2.21. The molecule has 2 aromatic rings. The van der Waals surface area contributed by atoms with Crippen LogP contribution in [0.5, 0.6) is 0 Å². The fourth-order valence-electron chi connectivity index (χ4n) is 2.40. The van der Waals surface area contributed by atoms with Crippen LogP contribution in [0.1, 0.15) is 5.56 Å². The van der Waals surface area contributed by atoms with Gasteiger partial charge in [-0.05, 0) is 24.1 Å². The Labute approximate surface area is 112 Å². The van der Waals surface area contributed by atoms with Gasteiger partial charge in [-0.15, -0.1) is 0 Å². The second-order valence-electron chi connectivity index (χ2n) is 4.63. The number of rotatable bonds is 3. The first-order chi connectivity index (χ1) is 9.34. The monoisotopic (exact) mass is 253 g/mol. The van der Waals surface area contributed by atoms with Crippen molar-refractivity contribution < 1.29 is 9.53 Å². The average Bonchev–Trinajstić information content (AvgIpc) is 2.82. The summed E-state index contributed by atoms with van der Waals surface area (Å²) in [7, 11) is 0. The molecular weight excluding hydrogens is 238 g/mol. The number of para-hydroxylation sites is 1. The number of ether oxygens (including phenoxy) is 1. The van der Waals surface area contributed by atoms with Gasteiger partial charge in [0.2, 0.25) is 0 Å². The Morgan fingerprint density at radius 3 is 2.32 bits per heavy atom. The van der Waals surface area contributed by atoms with E-state index in [1.807, 2.05) is 48.5 Å². The average molecular weight is 253 g/mol. The highest BCUT2D eigenvalue weighted by Gasteiger charge is 2.33. The lowest BCUT2D eigenvalue weighted by Crippen LogP contribution is -2.34. The molecule has 3 nitrogen and oxygen atoms in total. The van der Waals surface area contributed by atoms with E-state index in [-0.39, 0.29) is 12.1 Å². The minimum absolute atomic E-state index is 0.0669. The number of cyclic esters (lactones) is 1. The molecule has 1 amide bonds. The lowest BCUT2D eigenvalue weighted by atomic mass is 10.1. The van der Waals surface area contributed by atoms with Crippen molar-refractivity contribution in [2.24, 2.45) is 0 Å². The molecular formula is C16H15NO2. The molecule has 1 aliphatic rings. The van der Waals surface area contributed by atoms with Gasteiger partial charge in [0.1, 0.15) is 6.61 Å². The molecule has 0 bridgehead atoms. The molecule has 0 spiro atoms. The van der Waals surface area contributed by atoms with Crippen molar-refractivity contribution in [3.05, 3.63) is 66.2 Å². The molecule has 19 heavy (non-hydrogen) atoms. The van der Waals surface area contributed by atoms with Crippen LogP contribution < -0.4 is 4.90 Å². The minimum atomic E-state index is -0.257. The molecule has 3 rings (SSSR count). The highest BCUT2D eigenvalue weighted by Crippen LogP contribution is 2.24. The van der Waals surface area contributed by atoms with Crippen LogP contribution in [0.3, 0.4) is 0 Å². The smallest absolute Gasteiger partial charge is 0.414 e. The minimum Gasteiger partial charge on any atom is -0.447 e. The van der Waals surface area contributed by atoms with E-state index in [0.29, 0.717) is 6.61 Å². The fourth-order valence-corrected chi connectivity index (χ4v) is 2.40. The van der Waals surface area contributed by atoms with Gasteiger partial charge in [0.15, 0.2) is 0 Å². The van der Waals surface area contributed by atoms with Crippen LogP contribution in [0.25, 0.3) is 0 Å². The largest absolute Gasteiger partial charge is 0.447 e. The summed E-state index contributed by atoms with van der Waals surface area (Å²) in [6.45, 7) is 0.447. The van der Waals surface area contributed by atoms with E-state index in [1.54, 1.807) is 4.90 Å². The summed E-state index contributed by atoms with van der Waals surface area (Å²) in [5, 5.41) is 0. The topological polar surface area (TPSA) is 29.5 Å². The number of carbonyl (C=O) groups is 1. The molecule has 0 saturated carbocycles. The molecule has 1 saturated heterocycles. The first-order valence-corrected chi connectivity index (χ1v) is 6.39. The third kappa shape index (κ3) is 2.45. The number of anilines is 1. The Morgan fingerprint density at radius 2 is 1.63 bits per heavy atom. The zero-order chi connectivity index (χ0) is 13.1. The number of carbonyl (C=O) groups excluding carboxylic acids is 1. The molecule has 96 valence electrons. The standard InChI is InChI=1S/C16H15NO2/c18-16-17(14-9-5-2-6-10-14)15(12-19-16)11-13-7-3-1-4-8-13/h1-10,15H,11-12H2. The van der Waals surface area contributed by atoms with Crippen LogP contribution in [0.2, 0.25) is 0 Å². The first-order valence-electron chi connectivity index (χ1n) is 6.39. The third-order valence-electron chi connectivity index (χ3n) is 3.31. The molecule has 3 heteroatoms. The first kappa shape index (κ1) is 11.8. The van der Waals surface area contributed by atoms with Crippen molar-refractivity contribution >= 4 is 11.8 Å². The Hall–Kier alpha value is -2.29. The Morgan fingerprint density at radius 1 is 1.00 bits per heavy atom. The van der Waals surface area contributed by atoms with Crippen LogP contribution in [-0.4, -0.2) is 18.7 Å². The van der Waals surface area contributed by atoms with E-state index in [0.717, 1.165) is 12.1 Å². The number of benzene rings is 2. The van der Waals surface area contributed by atoms with E-state index in [1.165, 1.54) is 5.56 Å². The van der Waals surface area contributed by atoms with Crippen molar-refractivity contribution in [3.63, 3.8) is 0 Å². The zero-order valence-corrected chi connectivity index (χ0v) is 10.5. The van der Waals surface area contributed by atoms with E-state index < -0.39 is 0 Å². The van der Waals surface area contributed by atoms with E-state index in [2.05, 4.69) is 12.1 Å². The summed E-state index contributed by atoms with van der Waals surface area (Å²) >= 11 is 0. The van der Waals surface area contributed by atoms with Gasteiger partial charge in [0.25, 0.3) is 0 Å². The molecule has 1 unspecified atom stereocenters. The maximum absolute atomic E-state index is 11.9. The Kier molecular flexibility index (Phi) is 3.19. The molecule has 0 radical (unpaired) electrons. The van der Waals surface area contributed by atoms with Gasteiger partial charge in [-0.1, -0.05) is 48.5 Å². The van der Waals surface area contributed by atoms with Gasteiger partial charge in [0.05, 0.1) is 6.04 Å². The van der Waals surface area contributed by atoms with Gasteiger partial charge in [-0.25, -0.2) is 4.79 Å². The van der Waals surface area contributed by atoms with Gasteiger partial charge >= 0.3 is 6.09 Å². The van der Waals surface area contributed by atoms with Crippen LogP contribution in [0.4, 0.5) is 10.5 Å². The van der Waals surface area contributed by atoms with E-state index >= 15 is 0 Å². The predicted molar refractivity (Wildman–Crippen MR) is 74.2 cm³/mol. The Bertz CT molecular complexity index is 553. The highest BCUT2D eigenvalue weighted by molar-refractivity contribution is 5.90. The molecule has 1 fully saturated rings. The van der Waals surface area contributed by atoms with Gasteiger partial charge < -0.3 is 4.74 Å². The van der Waals surface area contributed by atoms with Crippen molar-refractivity contribution in [3.8, 4) is 0 Å². The molecule has 0 aromatic heterocycles. The van der Waals surface area contributed by atoms with Crippen LogP contribution in [0, 0.1) is 0 Å². The maximum atomic E-state index is 11.9. The van der Waals surface area contributed by atoms with Gasteiger partial charge in [-0.2, -0.15) is 0 Å². The SMILES string of the molecule is O=C1OCC(Cc2ccccc2)N1c1ccccc1. The van der Waals surface area contributed by atoms with Crippen molar-refractivity contribution in [2.75, 3.05) is 11.5 Å². The number of nitrogens with zero attached hydrogens (tertiary/aromatic N) is 1. The molecule has 0 aliphatic carbocycles. The zero-order valence-electron chi connectivity index (χ0n) is 10.5. The van der Waals surface area contributed by atoms with Crippen molar-refractivity contribution in [2.45, 2.75) is 12.5 Å². The molecule has 1 atom stereocenters. The van der Waals surface area contributed by atoms with Crippen LogP contribution in [-0.2, 0) is 11.2 Å². The molecule has 0 N–H and O–H groups in total. The summed E-state index contributed by atoms with van der Waals surface area (Å²) in [5.74, 6) is 0. The summed E-state index contributed by atoms with van der Waals surface area (Å²) in [6.07, 6.45) is 0.550. The molecule has 2 aromatic carbocycles. The maximum Gasteiger partial charge on any atom is 0.414 e. The normalized spacial score (nSPS) is 18.4. The third-order valence-corrected chi connectivity index (χ3v) is 3.31. The predicted octanol–water partition coefficient (Wildman–Crippen LogP) is 3.25. The molecule has 1 heterocycles. The highest BCUT2D eigenvalue weighted by atomic mass is 16.6. The van der Waals surface area contributed by atoms with Crippen molar-refractivity contribution in [1.29, 1.82) is 0 Å². The second-order valence-corrected chi connectivity index (χ2v) is 4.63. The van der Waals surface area contributed by atoms with Crippen molar-refractivity contribution in [1.82, 2.24) is 0 Å². The summed E-state index contributed by atoms with van der Waals surface area (Å²) < 4.78 is 5.19. The van der Waals surface area contributed by atoms with Crippen LogP contribution >= 0.6 is 0 Å². The van der Waals surface area contributed by atoms with E-state index in [4.69, 9.17) is 4.74 Å². The van der Waals surface area contributed by atoms with Gasteiger partial charge in [-0.3, -0.25) is 4.90 Å². The summed E-state index contributed by atoms with van der Waals surface area (Å²) in [6, 6.07) is 19.9. The Balaban J connectivity index is 1.83. The summed E-state index contributed by atoms with van der Waals surface area (Å²) in [5.41, 5.74) is 2.11. The quantitative estimate of drug-likeness (QED) is 0.840. The van der Waals surface area contributed by atoms with E-state index in [9.17, 15) is 4.79 Å². The van der Waals surface area contributed by atoms with Gasteiger partial charge in [0, 0.05) is 5.69 Å². The summed E-state index contributed by atoms with van der Waals surface area (Å²) in [4.78, 5) is 13.6. The number of hydrogen-bond donors (Lipinski definition) is 0. The number of amides is 1. The lowest BCUT2D eigenvalue weighted by molar-refractivity contribution is 0.178. The fraction of sp³-hybridized carbons (Fsp3) is 0.188. The molecule has 1 aliphatic heterocycles.